The van der Waals surface area contributed by atoms with Crippen LogP contribution >= 0.6 is 0 Å². The van der Waals surface area contributed by atoms with Crippen LogP contribution < -0.4 is 24.8 Å². The van der Waals surface area contributed by atoms with Gasteiger partial charge >= 0.3 is 23.1 Å². The summed E-state index contributed by atoms with van der Waals surface area (Å²) < 4.78 is 0. The van der Waals surface area contributed by atoms with Gasteiger partial charge in [0.2, 0.25) is 0 Å². The monoisotopic (exact) mass is 184 g/mol. The SMILES string of the molecule is CCCC(O)O.[Cl-].[Cl-].[Mg+2]. The van der Waals surface area contributed by atoms with Crippen LogP contribution in [0.1, 0.15) is 19.8 Å². The molecular weight excluding hydrogens is 175 g/mol. The second-order valence-corrected chi connectivity index (χ2v) is 1.27. The van der Waals surface area contributed by atoms with Crippen molar-refractivity contribution in [2.75, 3.05) is 0 Å². The Hall–Kier alpha value is 1.27. The first-order valence-electron chi connectivity index (χ1n) is 2.13. The van der Waals surface area contributed by atoms with Crippen molar-refractivity contribution in [1.29, 1.82) is 0 Å². The Morgan fingerprint density at radius 2 is 1.56 bits per heavy atom. The molecule has 0 amide bonds. The molecule has 0 aromatic carbocycles. The molecule has 0 aliphatic heterocycles. The largest absolute Gasteiger partial charge is 2.00 e. The van der Waals surface area contributed by atoms with Crippen LogP contribution in [0.25, 0.3) is 0 Å². The van der Waals surface area contributed by atoms with Crippen LogP contribution in [-0.4, -0.2) is 39.6 Å². The maximum Gasteiger partial charge on any atom is 2.00 e. The van der Waals surface area contributed by atoms with E-state index in [0.29, 0.717) is 6.42 Å². The zero-order valence-corrected chi connectivity index (χ0v) is 8.28. The van der Waals surface area contributed by atoms with E-state index in [1.54, 1.807) is 0 Å². The van der Waals surface area contributed by atoms with E-state index in [-0.39, 0.29) is 47.9 Å². The second kappa shape index (κ2) is 16.1. The van der Waals surface area contributed by atoms with E-state index in [2.05, 4.69) is 0 Å². The molecule has 0 aromatic heterocycles. The predicted molar refractivity (Wildman–Crippen MR) is 28.9 cm³/mol. The van der Waals surface area contributed by atoms with Crippen molar-refractivity contribution in [2.45, 2.75) is 26.1 Å². The third kappa shape index (κ3) is 26.9. The Morgan fingerprint density at radius 1 is 1.22 bits per heavy atom. The Bertz CT molecular complexity index is 37.7. The summed E-state index contributed by atoms with van der Waals surface area (Å²) in [5.74, 6) is 0. The van der Waals surface area contributed by atoms with Crippen molar-refractivity contribution in [3.05, 3.63) is 0 Å². The number of hydrogen-bond donors (Lipinski definition) is 2. The molecule has 0 spiro atoms. The molecule has 0 bridgehead atoms. The van der Waals surface area contributed by atoms with E-state index in [9.17, 15) is 0 Å². The Balaban J connectivity index is -0.0000000417. The van der Waals surface area contributed by atoms with Crippen LogP contribution in [0.3, 0.4) is 0 Å². The minimum atomic E-state index is -1.10. The predicted octanol–water partition coefficient (Wildman–Crippen LogP) is -6.28. The van der Waals surface area contributed by atoms with Gasteiger partial charge in [0.25, 0.3) is 0 Å². The number of halogens is 2. The Labute approximate surface area is 84.0 Å². The molecule has 0 aromatic rings. The van der Waals surface area contributed by atoms with Gasteiger partial charge in [0.1, 0.15) is 0 Å². The Kier molecular flexibility index (Phi) is 40.2. The van der Waals surface area contributed by atoms with Crippen molar-refractivity contribution in [3.63, 3.8) is 0 Å². The van der Waals surface area contributed by atoms with Crippen LogP contribution in [0, 0.1) is 0 Å². The molecular formula is C4H10Cl2MgO2. The number of hydrogen-bond acceptors (Lipinski definition) is 2. The second-order valence-electron chi connectivity index (χ2n) is 1.27. The zero-order chi connectivity index (χ0) is 4.99. The molecule has 2 N–H and O–H groups in total. The third-order valence-electron chi connectivity index (χ3n) is 0.547. The molecule has 0 rings (SSSR count). The summed E-state index contributed by atoms with van der Waals surface area (Å²) in [6.07, 6.45) is 0.215. The molecule has 0 fully saturated rings. The van der Waals surface area contributed by atoms with Gasteiger partial charge in [-0.3, -0.25) is 0 Å². The molecule has 0 saturated carbocycles. The smallest absolute Gasteiger partial charge is 1.00 e. The van der Waals surface area contributed by atoms with Gasteiger partial charge in [-0.15, -0.1) is 0 Å². The number of aliphatic hydroxyl groups is 2. The summed E-state index contributed by atoms with van der Waals surface area (Å²) in [7, 11) is 0. The molecule has 0 unspecified atom stereocenters. The molecule has 0 aliphatic rings. The topological polar surface area (TPSA) is 40.5 Å². The van der Waals surface area contributed by atoms with E-state index in [1.165, 1.54) is 0 Å². The summed E-state index contributed by atoms with van der Waals surface area (Å²) in [4.78, 5) is 0. The molecule has 9 heavy (non-hydrogen) atoms. The quantitative estimate of drug-likeness (QED) is 0.332. The third-order valence-corrected chi connectivity index (χ3v) is 0.547. The fourth-order valence-electron chi connectivity index (χ4n) is 0.258. The van der Waals surface area contributed by atoms with E-state index < -0.39 is 6.29 Å². The average Bonchev–Trinajstić information content (AvgIpc) is 1.35. The minimum Gasteiger partial charge on any atom is -1.00 e. The van der Waals surface area contributed by atoms with E-state index in [4.69, 9.17) is 10.2 Å². The van der Waals surface area contributed by atoms with Crippen LogP contribution in [-0.2, 0) is 0 Å². The maximum atomic E-state index is 8.11. The van der Waals surface area contributed by atoms with Crippen molar-refractivity contribution in [2.24, 2.45) is 0 Å². The average molecular weight is 185 g/mol. The summed E-state index contributed by atoms with van der Waals surface area (Å²) in [5.41, 5.74) is 0. The molecule has 54 valence electrons. The van der Waals surface area contributed by atoms with Crippen molar-refractivity contribution < 1.29 is 35.0 Å². The van der Waals surface area contributed by atoms with Gasteiger partial charge in [0, 0.05) is 0 Å². The molecule has 2 nitrogen and oxygen atoms in total. The number of aliphatic hydroxyl groups excluding tert-OH is 1. The van der Waals surface area contributed by atoms with E-state index in [0.717, 1.165) is 6.42 Å². The summed E-state index contributed by atoms with van der Waals surface area (Å²) >= 11 is 0. The van der Waals surface area contributed by atoms with Gasteiger partial charge in [0.05, 0.1) is 0 Å². The van der Waals surface area contributed by atoms with Gasteiger partial charge in [0.15, 0.2) is 6.29 Å². The number of rotatable bonds is 2. The van der Waals surface area contributed by atoms with E-state index >= 15 is 0 Å². The summed E-state index contributed by atoms with van der Waals surface area (Å²) in [5, 5.41) is 16.2. The maximum absolute atomic E-state index is 8.11. The molecule has 5 heteroatoms. The van der Waals surface area contributed by atoms with E-state index in [1.807, 2.05) is 6.92 Å². The van der Waals surface area contributed by atoms with Gasteiger partial charge < -0.3 is 35.0 Å². The summed E-state index contributed by atoms with van der Waals surface area (Å²) in [6, 6.07) is 0. The van der Waals surface area contributed by atoms with Gasteiger partial charge in [-0.25, -0.2) is 0 Å². The van der Waals surface area contributed by atoms with Crippen LogP contribution in [0.4, 0.5) is 0 Å². The Morgan fingerprint density at radius 3 is 1.56 bits per heavy atom. The van der Waals surface area contributed by atoms with Crippen molar-refractivity contribution >= 4 is 23.1 Å². The molecule has 0 radical (unpaired) electrons. The van der Waals surface area contributed by atoms with Crippen molar-refractivity contribution in [1.82, 2.24) is 0 Å². The fourth-order valence-corrected chi connectivity index (χ4v) is 0.258. The van der Waals surface area contributed by atoms with Crippen LogP contribution in [0.15, 0.2) is 0 Å². The molecule has 0 saturated heterocycles. The van der Waals surface area contributed by atoms with Gasteiger partial charge in [-0.1, -0.05) is 13.3 Å². The standard InChI is InChI=1S/C4H10O2.2ClH.Mg/c1-2-3-4(5)6;;;/h4-6H,2-3H2,1H3;2*1H;/q;;;+2/p-2. The first kappa shape index (κ1) is 22.4. The first-order chi connectivity index (χ1) is 2.77. The van der Waals surface area contributed by atoms with Gasteiger partial charge in [-0.2, -0.15) is 0 Å². The fraction of sp³-hybridized carbons (Fsp3) is 1.00. The first-order valence-corrected chi connectivity index (χ1v) is 2.13. The molecule has 0 atom stereocenters. The normalized spacial score (nSPS) is 6.67. The minimum absolute atomic E-state index is 0. The molecule has 0 heterocycles. The van der Waals surface area contributed by atoms with Crippen molar-refractivity contribution in [3.8, 4) is 0 Å². The summed E-state index contributed by atoms with van der Waals surface area (Å²) in [6.45, 7) is 1.90. The van der Waals surface area contributed by atoms with Crippen LogP contribution in [0.2, 0.25) is 0 Å². The van der Waals surface area contributed by atoms with Crippen LogP contribution in [0.5, 0.6) is 0 Å². The van der Waals surface area contributed by atoms with Gasteiger partial charge in [-0.05, 0) is 6.42 Å². The zero-order valence-electron chi connectivity index (χ0n) is 5.35. The molecule has 0 aliphatic carbocycles.